The third kappa shape index (κ3) is 10.1. The van der Waals surface area contributed by atoms with Gasteiger partial charge in [0, 0.05) is 36.7 Å². The fourth-order valence-corrected chi connectivity index (χ4v) is 5.56. The predicted molar refractivity (Wildman–Crippen MR) is 171 cm³/mol. The monoisotopic (exact) mass is 641 g/mol. The van der Waals surface area contributed by atoms with Crippen LogP contribution in [0.2, 0.25) is 23.3 Å². The molecule has 0 aliphatic heterocycles. The smallest absolute Gasteiger partial charge is 0.407 e. The number of halogens is 1. The number of rotatable bonds is 14. The Hall–Kier alpha value is -3.80. The fourth-order valence-electron chi connectivity index (χ4n) is 4.16. The summed E-state index contributed by atoms with van der Waals surface area (Å²) in [6.45, 7) is 10.6. The van der Waals surface area contributed by atoms with E-state index in [-0.39, 0.29) is 42.4 Å². The first-order valence-electron chi connectivity index (χ1n) is 14.3. The van der Waals surface area contributed by atoms with Crippen LogP contribution >= 0.6 is 11.6 Å². The number of ether oxygens (including phenoxy) is 2. The molecule has 3 aromatic rings. The van der Waals surface area contributed by atoms with Gasteiger partial charge in [-0.05, 0) is 53.9 Å². The molecule has 44 heavy (non-hydrogen) atoms. The second-order valence-electron chi connectivity index (χ2n) is 12.1. The number of carbonyl (C=O) groups excluding carboxylic acids is 2. The van der Waals surface area contributed by atoms with Crippen LogP contribution in [-0.2, 0) is 27.0 Å². The van der Waals surface area contributed by atoms with Crippen LogP contribution in [0.4, 0.5) is 10.5 Å². The van der Waals surface area contributed by atoms with Gasteiger partial charge in [-0.2, -0.15) is 0 Å². The second kappa shape index (κ2) is 15.3. The number of nitro groups is 1. The van der Waals surface area contributed by atoms with Crippen LogP contribution in [0.1, 0.15) is 56.4 Å². The number of nitro benzene ring substituents is 1. The van der Waals surface area contributed by atoms with Crippen LogP contribution in [0, 0.1) is 10.1 Å². The van der Waals surface area contributed by atoms with Crippen molar-refractivity contribution in [2.24, 2.45) is 0 Å². The lowest BCUT2D eigenvalue weighted by Gasteiger charge is -2.41. The van der Waals surface area contributed by atoms with Crippen LogP contribution in [0.15, 0.2) is 66.9 Å². The number of nitrogens with one attached hydrogen (secondary N) is 1. The normalized spacial score (nSPS) is 13.1. The van der Waals surface area contributed by atoms with Crippen LogP contribution < -0.4 is 10.1 Å². The average Bonchev–Trinajstić information content (AvgIpc) is 2.97. The molecule has 0 bridgehead atoms. The molecule has 236 valence electrons. The SMILES string of the molecule is COc1ccc(COC(=O)N[C@H](CCC(=O)Cc2ccc([N+](=O)[O-])cc2)[C@H](O[Si](C)(C)C(C)(C)C)c2ccc(Cl)nc2)cc1. The summed E-state index contributed by atoms with van der Waals surface area (Å²) in [6, 6.07) is 15.9. The molecule has 3 rings (SSSR count). The van der Waals surface area contributed by atoms with Gasteiger partial charge in [0.15, 0.2) is 8.32 Å². The van der Waals surface area contributed by atoms with Crippen molar-refractivity contribution in [1.29, 1.82) is 0 Å². The molecule has 1 N–H and O–H groups in total. The lowest BCUT2D eigenvalue weighted by atomic mass is 9.97. The third-order valence-electron chi connectivity index (χ3n) is 7.79. The maximum atomic E-state index is 13.1. The zero-order valence-corrected chi connectivity index (χ0v) is 27.7. The summed E-state index contributed by atoms with van der Waals surface area (Å²) in [6.07, 6.45) is 0.809. The highest BCUT2D eigenvalue weighted by molar-refractivity contribution is 6.74. The number of non-ortho nitro benzene ring substituents is 1. The number of hydrogen-bond acceptors (Lipinski definition) is 8. The number of Topliss-reactive ketones (excluding diaryl/α,β-unsaturated/α-hetero) is 1. The molecule has 2 atom stereocenters. The van der Waals surface area contributed by atoms with Gasteiger partial charge in [-0.15, -0.1) is 0 Å². The molecule has 1 aromatic heterocycles. The Balaban J connectivity index is 1.84. The largest absolute Gasteiger partial charge is 0.497 e. The summed E-state index contributed by atoms with van der Waals surface area (Å²) in [5.74, 6) is 0.608. The number of carbonyl (C=O) groups is 2. The maximum Gasteiger partial charge on any atom is 0.407 e. The van der Waals surface area contributed by atoms with E-state index in [1.54, 1.807) is 43.6 Å². The van der Waals surface area contributed by atoms with Crippen LogP contribution in [0.5, 0.6) is 5.75 Å². The highest BCUT2D eigenvalue weighted by atomic mass is 35.5. The lowest BCUT2D eigenvalue weighted by Crippen LogP contribution is -2.48. The highest BCUT2D eigenvalue weighted by Crippen LogP contribution is 2.41. The number of benzene rings is 2. The van der Waals surface area contributed by atoms with Crippen LogP contribution in [-0.4, -0.2) is 43.3 Å². The Bertz CT molecular complexity index is 1410. The van der Waals surface area contributed by atoms with Crippen molar-refractivity contribution in [2.75, 3.05) is 7.11 Å². The standard InChI is InChI=1S/C32H40ClN3O7Si/c1-32(2,3)44(5,6)43-30(24-11-18-29(33)34-20-24)28(35-31(38)42-21-23-9-15-27(41-4)16-10-23)17-14-26(37)19-22-7-12-25(13-8-22)36(39)40/h7-13,15-16,18,20,28,30H,14,17,19,21H2,1-6H3,(H,35,38)/t28-,30-/m1/s1. The predicted octanol–water partition coefficient (Wildman–Crippen LogP) is 7.60. The molecule has 1 amide bonds. The number of pyridine rings is 1. The van der Waals surface area contributed by atoms with Crippen LogP contribution in [0.25, 0.3) is 0 Å². The highest BCUT2D eigenvalue weighted by Gasteiger charge is 2.42. The summed E-state index contributed by atoms with van der Waals surface area (Å²) in [5.41, 5.74) is 2.12. The number of amides is 1. The summed E-state index contributed by atoms with van der Waals surface area (Å²) >= 11 is 6.09. The quantitative estimate of drug-likeness (QED) is 0.0824. The Morgan fingerprint density at radius 2 is 1.66 bits per heavy atom. The molecule has 12 heteroatoms. The summed E-state index contributed by atoms with van der Waals surface area (Å²) in [7, 11) is -0.817. The van der Waals surface area contributed by atoms with E-state index in [4.69, 9.17) is 25.5 Å². The zero-order chi connectivity index (χ0) is 32.5. The molecule has 0 aliphatic rings. The van der Waals surface area contributed by atoms with Crippen molar-refractivity contribution in [3.8, 4) is 5.75 Å². The Morgan fingerprint density at radius 3 is 2.20 bits per heavy atom. The molecule has 1 heterocycles. The van der Waals surface area contributed by atoms with E-state index in [1.807, 2.05) is 18.2 Å². The van der Waals surface area contributed by atoms with Gasteiger partial charge in [-0.1, -0.05) is 62.7 Å². The molecule has 0 saturated carbocycles. The maximum absolute atomic E-state index is 13.1. The Labute approximate surface area is 264 Å². The first-order chi connectivity index (χ1) is 20.7. The van der Waals surface area contributed by atoms with Gasteiger partial charge >= 0.3 is 6.09 Å². The number of ketones is 1. The van der Waals surface area contributed by atoms with E-state index in [1.165, 1.54) is 12.1 Å². The zero-order valence-electron chi connectivity index (χ0n) is 26.0. The molecular formula is C32H40ClN3O7Si. The molecule has 0 unspecified atom stereocenters. The van der Waals surface area contributed by atoms with Crippen LogP contribution in [0.3, 0.4) is 0 Å². The fraction of sp³-hybridized carbons (Fsp3) is 0.406. The molecule has 0 radical (unpaired) electrons. The number of alkyl carbamates (subject to hydrolysis) is 1. The number of hydrogen-bond donors (Lipinski definition) is 1. The second-order valence-corrected chi connectivity index (χ2v) is 17.2. The van der Waals surface area contributed by atoms with Crippen molar-refractivity contribution >= 4 is 37.5 Å². The van der Waals surface area contributed by atoms with Crippen molar-refractivity contribution in [1.82, 2.24) is 10.3 Å². The summed E-state index contributed by atoms with van der Waals surface area (Å²) in [5, 5.41) is 14.1. The molecule has 0 fully saturated rings. The minimum absolute atomic E-state index is 0.0396. The topological polar surface area (TPSA) is 130 Å². The van der Waals surface area contributed by atoms with Gasteiger partial charge < -0.3 is 19.2 Å². The first-order valence-corrected chi connectivity index (χ1v) is 17.6. The van der Waals surface area contributed by atoms with E-state index in [2.05, 4.69) is 44.2 Å². The number of nitrogens with zero attached hydrogens (tertiary/aromatic N) is 2. The van der Waals surface area contributed by atoms with Gasteiger partial charge in [-0.25, -0.2) is 9.78 Å². The minimum atomic E-state index is -2.39. The average molecular weight is 642 g/mol. The van der Waals surface area contributed by atoms with Gasteiger partial charge in [0.25, 0.3) is 5.69 Å². The molecule has 0 saturated heterocycles. The van der Waals surface area contributed by atoms with E-state index in [0.29, 0.717) is 22.0 Å². The lowest BCUT2D eigenvalue weighted by molar-refractivity contribution is -0.384. The van der Waals surface area contributed by atoms with Crippen molar-refractivity contribution < 1.29 is 28.4 Å². The molecule has 0 spiro atoms. The Kier molecular flexibility index (Phi) is 12.0. The third-order valence-corrected chi connectivity index (χ3v) is 12.5. The van der Waals surface area contributed by atoms with E-state index < -0.39 is 31.5 Å². The van der Waals surface area contributed by atoms with Crippen molar-refractivity contribution in [3.63, 3.8) is 0 Å². The molecule has 2 aromatic carbocycles. The van der Waals surface area contributed by atoms with Gasteiger partial charge in [0.1, 0.15) is 23.3 Å². The van der Waals surface area contributed by atoms with Gasteiger partial charge in [0.2, 0.25) is 0 Å². The van der Waals surface area contributed by atoms with E-state index in [0.717, 1.165) is 5.56 Å². The molecular weight excluding hydrogens is 602 g/mol. The summed E-state index contributed by atoms with van der Waals surface area (Å²) < 4.78 is 17.6. The molecule has 0 aliphatic carbocycles. The molecule has 10 nitrogen and oxygen atoms in total. The van der Waals surface area contributed by atoms with Crippen molar-refractivity contribution in [3.05, 3.63) is 98.8 Å². The van der Waals surface area contributed by atoms with Gasteiger partial charge in [-0.3, -0.25) is 14.9 Å². The van der Waals surface area contributed by atoms with E-state index >= 15 is 0 Å². The first kappa shape index (κ1) is 34.7. The summed E-state index contributed by atoms with van der Waals surface area (Å²) in [4.78, 5) is 41.0. The minimum Gasteiger partial charge on any atom is -0.497 e. The van der Waals surface area contributed by atoms with Gasteiger partial charge in [0.05, 0.1) is 24.2 Å². The van der Waals surface area contributed by atoms with E-state index in [9.17, 15) is 19.7 Å². The number of aromatic nitrogens is 1. The number of methoxy groups -OCH3 is 1. The van der Waals surface area contributed by atoms with Crippen molar-refractivity contribution in [2.45, 2.75) is 76.9 Å². The Morgan fingerprint density at radius 1 is 1.02 bits per heavy atom.